The van der Waals surface area contributed by atoms with Crippen LogP contribution >= 0.6 is 0 Å². The molecule has 1 saturated heterocycles. The molecule has 76 valence electrons. The molecule has 1 aliphatic heterocycles. The van der Waals surface area contributed by atoms with Crippen LogP contribution in [0.5, 0.6) is 5.75 Å². The predicted octanol–water partition coefficient (Wildman–Crippen LogP) is 1.35. The van der Waals surface area contributed by atoms with Gasteiger partial charge < -0.3 is 14.6 Å². The molecule has 3 heteroatoms. The van der Waals surface area contributed by atoms with Gasteiger partial charge in [0.15, 0.2) is 0 Å². The third kappa shape index (κ3) is 2.25. The minimum Gasteiger partial charge on any atom is -0.491 e. The highest BCUT2D eigenvalue weighted by Crippen LogP contribution is 2.26. The zero-order chi connectivity index (χ0) is 10.0. The van der Waals surface area contributed by atoms with Gasteiger partial charge >= 0.3 is 0 Å². The van der Waals surface area contributed by atoms with Crippen LogP contribution in [0.3, 0.4) is 0 Å². The molecule has 0 aliphatic carbocycles. The average Bonchev–Trinajstić information content (AvgIpc) is 2.95. The molecule has 1 aromatic rings. The molecule has 1 aliphatic rings. The summed E-state index contributed by atoms with van der Waals surface area (Å²) in [5.41, 5.74) is 0.821. The molecule has 0 bridgehead atoms. The minimum absolute atomic E-state index is 0.0705. The topological polar surface area (TPSA) is 42.0 Å². The van der Waals surface area contributed by atoms with E-state index in [2.05, 4.69) is 0 Å². The van der Waals surface area contributed by atoms with Crippen molar-refractivity contribution in [2.24, 2.45) is 0 Å². The van der Waals surface area contributed by atoms with Gasteiger partial charge in [0.2, 0.25) is 0 Å². The van der Waals surface area contributed by atoms with Crippen molar-refractivity contribution < 1.29 is 14.6 Å². The average molecular weight is 194 g/mol. The first-order valence-corrected chi connectivity index (χ1v) is 4.68. The fourth-order valence-electron chi connectivity index (χ4n) is 1.13. The fraction of sp³-hybridized carbons (Fsp3) is 0.455. The van der Waals surface area contributed by atoms with Crippen LogP contribution in [-0.2, 0) is 11.3 Å². The second-order valence-corrected chi connectivity index (χ2v) is 3.83. The van der Waals surface area contributed by atoms with Crippen LogP contribution in [0.25, 0.3) is 0 Å². The van der Waals surface area contributed by atoms with Crippen LogP contribution in [0.4, 0.5) is 0 Å². The molecule has 3 nitrogen and oxygen atoms in total. The van der Waals surface area contributed by atoms with E-state index in [1.54, 1.807) is 0 Å². The van der Waals surface area contributed by atoms with Crippen LogP contribution < -0.4 is 4.74 Å². The Morgan fingerprint density at radius 2 is 2.07 bits per heavy atom. The zero-order valence-corrected chi connectivity index (χ0v) is 8.19. The number of rotatable bonds is 4. The third-order valence-electron chi connectivity index (χ3n) is 2.29. The second kappa shape index (κ2) is 3.59. The maximum Gasteiger partial charge on any atom is 0.123 e. The van der Waals surface area contributed by atoms with Crippen molar-refractivity contribution in [2.75, 3.05) is 13.2 Å². The van der Waals surface area contributed by atoms with Gasteiger partial charge in [-0.1, -0.05) is 12.1 Å². The number of hydrogen-bond acceptors (Lipinski definition) is 3. The van der Waals surface area contributed by atoms with Crippen molar-refractivity contribution in [2.45, 2.75) is 19.1 Å². The fourth-order valence-corrected chi connectivity index (χ4v) is 1.13. The molecule has 0 spiro atoms. The number of aliphatic hydroxyl groups excluding tert-OH is 1. The molecule has 1 fully saturated rings. The molecule has 1 atom stereocenters. The molecule has 2 rings (SSSR count). The van der Waals surface area contributed by atoms with Gasteiger partial charge in [-0.15, -0.1) is 0 Å². The molecular weight excluding hydrogens is 180 g/mol. The summed E-state index contributed by atoms with van der Waals surface area (Å²) in [6, 6.07) is 7.42. The molecule has 14 heavy (non-hydrogen) atoms. The Hall–Kier alpha value is -1.06. The summed E-state index contributed by atoms with van der Waals surface area (Å²) in [4.78, 5) is 0. The highest BCUT2D eigenvalue weighted by Gasteiger charge is 2.40. The van der Waals surface area contributed by atoms with Gasteiger partial charge in [-0.2, -0.15) is 0 Å². The van der Waals surface area contributed by atoms with Gasteiger partial charge in [0, 0.05) is 0 Å². The van der Waals surface area contributed by atoms with E-state index in [0.29, 0.717) is 6.61 Å². The summed E-state index contributed by atoms with van der Waals surface area (Å²) < 4.78 is 10.7. The van der Waals surface area contributed by atoms with Gasteiger partial charge in [0.05, 0.1) is 13.2 Å². The van der Waals surface area contributed by atoms with Crippen molar-refractivity contribution in [1.82, 2.24) is 0 Å². The summed E-state index contributed by atoms with van der Waals surface area (Å²) >= 11 is 0. The van der Waals surface area contributed by atoms with Gasteiger partial charge in [-0.05, 0) is 24.6 Å². The lowest BCUT2D eigenvalue weighted by Gasteiger charge is -2.08. The summed E-state index contributed by atoms with van der Waals surface area (Å²) in [5.74, 6) is 0.818. The van der Waals surface area contributed by atoms with E-state index in [1.807, 2.05) is 31.2 Å². The number of epoxide rings is 1. The van der Waals surface area contributed by atoms with Crippen molar-refractivity contribution in [3.05, 3.63) is 29.8 Å². The van der Waals surface area contributed by atoms with E-state index in [1.165, 1.54) is 0 Å². The normalized spacial score (nSPS) is 24.7. The Kier molecular flexibility index (Phi) is 2.44. The van der Waals surface area contributed by atoms with Crippen LogP contribution in [0.1, 0.15) is 12.5 Å². The monoisotopic (exact) mass is 194 g/mol. The Morgan fingerprint density at radius 1 is 1.43 bits per heavy atom. The number of hydrogen-bond donors (Lipinski definition) is 1. The molecule has 0 aromatic heterocycles. The molecule has 1 unspecified atom stereocenters. The summed E-state index contributed by atoms with van der Waals surface area (Å²) in [6.45, 7) is 3.46. The SMILES string of the molecule is CC1(COc2ccc(CO)cc2)CO1. The predicted molar refractivity (Wildman–Crippen MR) is 52.2 cm³/mol. The van der Waals surface area contributed by atoms with Crippen LogP contribution in [0.2, 0.25) is 0 Å². The largest absolute Gasteiger partial charge is 0.491 e. The maximum absolute atomic E-state index is 8.84. The van der Waals surface area contributed by atoms with E-state index >= 15 is 0 Å². The lowest BCUT2D eigenvalue weighted by molar-refractivity contribution is 0.202. The first-order chi connectivity index (χ1) is 6.72. The van der Waals surface area contributed by atoms with Crippen molar-refractivity contribution in [3.8, 4) is 5.75 Å². The molecule has 0 amide bonds. The summed E-state index contributed by atoms with van der Waals surface area (Å²) in [7, 11) is 0. The summed E-state index contributed by atoms with van der Waals surface area (Å²) in [6.07, 6.45) is 0. The van der Waals surface area contributed by atoms with E-state index in [-0.39, 0.29) is 12.2 Å². The molecule has 1 heterocycles. The molecular formula is C11H14O3. The number of benzene rings is 1. The van der Waals surface area contributed by atoms with Crippen LogP contribution in [-0.4, -0.2) is 23.9 Å². The Labute approximate surface area is 83.3 Å². The van der Waals surface area contributed by atoms with Crippen molar-refractivity contribution in [1.29, 1.82) is 0 Å². The standard InChI is InChI=1S/C11H14O3/c1-11(8-14-11)7-13-10-4-2-9(6-12)3-5-10/h2-5,12H,6-8H2,1H3. The molecule has 1 aromatic carbocycles. The second-order valence-electron chi connectivity index (χ2n) is 3.83. The molecule has 0 radical (unpaired) electrons. The number of ether oxygens (including phenoxy) is 2. The third-order valence-corrected chi connectivity index (χ3v) is 2.29. The highest BCUT2D eigenvalue weighted by molar-refractivity contribution is 5.26. The van der Waals surface area contributed by atoms with E-state index in [4.69, 9.17) is 14.6 Å². The Morgan fingerprint density at radius 3 is 2.57 bits per heavy atom. The van der Waals surface area contributed by atoms with Gasteiger partial charge in [0.25, 0.3) is 0 Å². The first-order valence-electron chi connectivity index (χ1n) is 4.68. The highest BCUT2D eigenvalue weighted by atomic mass is 16.6. The van der Waals surface area contributed by atoms with Crippen LogP contribution in [0, 0.1) is 0 Å². The Bertz CT molecular complexity index is 301. The van der Waals surface area contributed by atoms with E-state index in [9.17, 15) is 0 Å². The lowest BCUT2D eigenvalue weighted by atomic mass is 10.2. The van der Waals surface area contributed by atoms with Crippen molar-refractivity contribution in [3.63, 3.8) is 0 Å². The lowest BCUT2D eigenvalue weighted by Crippen LogP contribution is -2.16. The number of aliphatic hydroxyl groups is 1. The zero-order valence-electron chi connectivity index (χ0n) is 8.19. The van der Waals surface area contributed by atoms with Gasteiger partial charge in [-0.3, -0.25) is 0 Å². The Balaban J connectivity index is 1.89. The van der Waals surface area contributed by atoms with Gasteiger partial charge in [0.1, 0.15) is 18.0 Å². The van der Waals surface area contributed by atoms with Gasteiger partial charge in [-0.25, -0.2) is 0 Å². The minimum atomic E-state index is -0.0738. The van der Waals surface area contributed by atoms with E-state index in [0.717, 1.165) is 17.9 Å². The molecule has 1 N–H and O–H groups in total. The van der Waals surface area contributed by atoms with Crippen molar-refractivity contribution >= 4 is 0 Å². The first kappa shape index (κ1) is 9.49. The molecule has 0 saturated carbocycles. The quantitative estimate of drug-likeness (QED) is 0.735. The maximum atomic E-state index is 8.84. The van der Waals surface area contributed by atoms with E-state index < -0.39 is 0 Å². The summed E-state index contributed by atoms with van der Waals surface area (Å²) in [5, 5.41) is 8.84. The smallest absolute Gasteiger partial charge is 0.123 e. The van der Waals surface area contributed by atoms with Crippen LogP contribution in [0.15, 0.2) is 24.3 Å².